The highest BCUT2D eigenvalue weighted by atomic mass is 19.3. The Morgan fingerprint density at radius 1 is 1.14 bits per heavy atom. The van der Waals surface area contributed by atoms with Crippen LogP contribution in [0.15, 0.2) is 24.3 Å². The standard InChI is InChI=1S/C16H23F2NO2/c1-10(2)13(11(3)4)9-19-15(20)12-7-5-6-8-14(12)21-16(17)18/h5-8,10-11,13,16H,9H2,1-4H3,(H,19,20). The smallest absolute Gasteiger partial charge is 0.387 e. The minimum atomic E-state index is -2.95. The molecule has 1 N–H and O–H groups in total. The second kappa shape index (κ2) is 7.96. The van der Waals surface area contributed by atoms with Crippen LogP contribution in [0.2, 0.25) is 0 Å². The highest BCUT2D eigenvalue weighted by molar-refractivity contribution is 5.96. The summed E-state index contributed by atoms with van der Waals surface area (Å²) >= 11 is 0. The first-order valence-corrected chi connectivity index (χ1v) is 7.15. The number of hydrogen-bond acceptors (Lipinski definition) is 2. The van der Waals surface area contributed by atoms with Gasteiger partial charge in [0.25, 0.3) is 5.91 Å². The van der Waals surface area contributed by atoms with E-state index in [2.05, 4.69) is 37.7 Å². The number of amides is 1. The molecule has 1 aromatic carbocycles. The lowest BCUT2D eigenvalue weighted by molar-refractivity contribution is -0.0501. The summed E-state index contributed by atoms with van der Waals surface area (Å²) in [6.45, 7) is 5.97. The molecule has 1 rings (SSSR count). The third-order valence-corrected chi connectivity index (χ3v) is 3.56. The van der Waals surface area contributed by atoms with Crippen LogP contribution in [0.3, 0.4) is 0 Å². The molecule has 0 aliphatic heterocycles. The van der Waals surface area contributed by atoms with Crippen molar-refractivity contribution < 1.29 is 18.3 Å². The van der Waals surface area contributed by atoms with Crippen LogP contribution in [0.4, 0.5) is 8.78 Å². The lowest BCUT2D eigenvalue weighted by atomic mass is 9.85. The van der Waals surface area contributed by atoms with Crippen molar-refractivity contribution in [3.05, 3.63) is 29.8 Å². The third-order valence-electron chi connectivity index (χ3n) is 3.56. The molecule has 0 aliphatic carbocycles. The number of hydrogen-bond donors (Lipinski definition) is 1. The molecule has 0 spiro atoms. The lowest BCUT2D eigenvalue weighted by Crippen LogP contribution is -2.34. The van der Waals surface area contributed by atoms with Gasteiger partial charge in [-0.05, 0) is 29.9 Å². The van der Waals surface area contributed by atoms with Crippen LogP contribution >= 0.6 is 0 Å². The van der Waals surface area contributed by atoms with Crippen molar-refractivity contribution >= 4 is 5.91 Å². The molecule has 0 unspecified atom stereocenters. The van der Waals surface area contributed by atoms with Gasteiger partial charge < -0.3 is 10.1 Å². The lowest BCUT2D eigenvalue weighted by Gasteiger charge is -2.25. The molecule has 21 heavy (non-hydrogen) atoms. The fourth-order valence-corrected chi connectivity index (χ4v) is 2.40. The first-order chi connectivity index (χ1) is 9.82. The van der Waals surface area contributed by atoms with E-state index in [-0.39, 0.29) is 11.3 Å². The summed E-state index contributed by atoms with van der Waals surface area (Å²) in [6.07, 6.45) is 0. The van der Waals surface area contributed by atoms with Crippen LogP contribution in [0.5, 0.6) is 5.75 Å². The van der Waals surface area contributed by atoms with Crippen LogP contribution in [0.25, 0.3) is 0 Å². The van der Waals surface area contributed by atoms with Crippen LogP contribution in [0, 0.1) is 17.8 Å². The Bertz CT molecular complexity index is 453. The Labute approximate surface area is 124 Å². The van der Waals surface area contributed by atoms with E-state index in [0.717, 1.165) is 0 Å². The summed E-state index contributed by atoms with van der Waals surface area (Å²) in [4.78, 5) is 12.2. The maximum Gasteiger partial charge on any atom is 0.387 e. The predicted octanol–water partition coefficient (Wildman–Crippen LogP) is 3.95. The number of carbonyl (C=O) groups excluding carboxylic acids is 1. The van der Waals surface area contributed by atoms with E-state index in [9.17, 15) is 13.6 Å². The number of rotatable bonds is 7. The Balaban J connectivity index is 2.76. The second-order valence-corrected chi connectivity index (χ2v) is 5.74. The van der Waals surface area contributed by atoms with Gasteiger partial charge in [-0.15, -0.1) is 0 Å². The Morgan fingerprint density at radius 2 is 1.71 bits per heavy atom. The van der Waals surface area contributed by atoms with Gasteiger partial charge in [0.2, 0.25) is 0 Å². The van der Waals surface area contributed by atoms with Gasteiger partial charge >= 0.3 is 6.61 Å². The maximum atomic E-state index is 12.3. The molecule has 0 saturated carbocycles. The molecule has 0 aromatic heterocycles. The van der Waals surface area contributed by atoms with Gasteiger partial charge in [-0.25, -0.2) is 0 Å². The Hall–Kier alpha value is -1.65. The van der Waals surface area contributed by atoms with E-state index in [1.807, 2.05) is 0 Å². The molecule has 3 nitrogen and oxygen atoms in total. The zero-order valence-corrected chi connectivity index (χ0v) is 12.9. The summed E-state index contributed by atoms with van der Waals surface area (Å²) in [5, 5.41) is 2.81. The number of para-hydroxylation sites is 1. The third kappa shape index (κ3) is 5.33. The van der Waals surface area contributed by atoms with E-state index in [1.54, 1.807) is 12.1 Å². The van der Waals surface area contributed by atoms with Gasteiger partial charge in [0.15, 0.2) is 0 Å². The van der Waals surface area contributed by atoms with E-state index < -0.39 is 12.5 Å². The number of alkyl halides is 2. The van der Waals surface area contributed by atoms with Crippen molar-refractivity contribution in [1.29, 1.82) is 0 Å². The van der Waals surface area contributed by atoms with Crippen LogP contribution in [-0.4, -0.2) is 19.1 Å². The molecule has 0 saturated heterocycles. The number of benzene rings is 1. The molecule has 1 amide bonds. The first kappa shape index (κ1) is 17.4. The van der Waals surface area contributed by atoms with Crippen molar-refractivity contribution in [3.8, 4) is 5.75 Å². The van der Waals surface area contributed by atoms with Crippen molar-refractivity contribution in [1.82, 2.24) is 5.32 Å². The highest BCUT2D eigenvalue weighted by Gasteiger charge is 2.20. The van der Waals surface area contributed by atoms with Crippen LogP contribution in [-0.2, 0) is 0 Å². The van der Waals surface area contributed by atoms with Crippen molar-refractivity contribution in [2.45, 2.75) is 34.3 Å². The monoisotopic (exact) mass is 299 g/mol. The molecule has 0 bridgehead atoms. The fourth-order valence-electron chi connectivity index (χ4n) is 2.40. The zero-order chi connectivity index (χ0) is 16.0. The zero-order valence-electron chi connectivity index (χ0n) is 12.9. The molecule has 0 atom stereocenters. The molecule has 0 fully saturated rings. The average molecular weight is 299 g/mol. The molecular formula is C16H23F2NO2. The van der Waals surface area contributed by atoms with Gasteiger partial charge in [0, 0.05) is 6.54 Å². The molecule has 0 heterocycles. The maximum absolute atomic E-state index is 12.3. The summed E-state index contributed by atoms with van der Waals surface area (Å²) in [6, 6.07) is 6.02. The summed E-state index contributed by atoms with van der Waals surface area (Å²) in [7, 11) is 0. The van der Waals surface area contributed by atoms with E-state index >= 15 is 0 Å². The highest BCUT2D eigenvalue weighted by Crippen LogP contribution is 2.22. The Morgan fingerprint density at radius 3 is 2.24 bits per heavy atom. The van der Waals surface area contributed by atoms with Crippen molar-refractivity contribution in [2.75, 3.05) is 6.54 Å². The Kier molecular flexibility index (Phi) is 6.59. The van der Waals surface area contributed by atoms with Gasteiger partial charge in [0.05, 0.1) is 5.56 Å². The molecule has 0 radical (unpaired) electrons. The van der Waals surface area contributed by atoms with Crippen molar-refractivity contribution in [2.24, 2.45) is 17.8 Å². The summed E-state index contributed by atoms with van der Waals surface area (Å²) < 4.78 is 29.0. The molecule has 5 heteroatoms. The van der Waals surface area contributed by atoms with E-state index in [4.69, 9.17) is 0 Å². The largest absolute Gasteiger partial charge is 0.434 e. The van der Waals surface area contributed by atoms with Gasteiger partial charge in [-0.2, -0.15) is 8.78 Å². The SMILES string of the molecule is CC(C)C(CNC(=O)c1ccccc1OC(F)F)C(C)C. The molecule has 1 aromatic rings. The minimum Gasteiger partial charge on any atom is -0.434 e. The number of ether oxygens (including phenoxy) is 1. The van der Waals surface area contributed by atoms with Gasteiger partial charge in [-0.3, -0.25) is 4.79 Å². The second-order valence-electron chi connectivity index (χ2n) is 5.74. The summed E-state index contributed by atoms with van der Waals surface area (Å²) in [5.74, 6) is 0.695. The number of carbonyl (C=O) groups is 1. The van der Waals surface area contributed by atoms with E-state index in [0.29, 0.717) is 24.3 Å². The van der Waals surface area contributed by atoms with Crippen molar-refractivity contribution in [3.63, 3.8) is 0 Å². The summed E-state index contributed by atoms with van der Waals surface area (Å²) in [5.41, 5.74) is 0.129. The normalized spacial score (nSPS) is 11.5. The van der Waals surface area contributed by atoms with Gasteiger partial charge in [-0.1, -0.05) is 39.8 Å². The fraction of sp³-hybridized carbons (Fsp3) is 0.562. The van der Waals surface area contributed by atoms with Crippen LogP contribution in [0.1, 0.15) is 38.1 Å². The molecule has 118 valence electrons. The predicted molar refractivity (Wildman–Crippen MR) is 78.6 cm³/mol. The topological polar surface area (TPSA) is 38.3 Å². The van der Waals surface area contributed by atoms with Crippen LogP contribution < -0.4 is 10.1 Å². The minimum absolute atomic E-state index is 0.101. The quantitative estimate of drug-likeness (QED) is 0.828. The first-order valence-electron chi connectivity index (χ1n) is 7.15. The number of halogens is 2. The molecular weight excluding hydrogens is 276 g/mol. The van der Waals surface area contributed by atoms with Gasteiger partial charge in [0.1, 0.15) is 5.75 Å². The molecule has 0 aliphatic rings. The van der Waals surface area contributed by atoms with E-state index in [1.165, 1.54) is 12.1 Å². The average Bonchev–Trinajstić information content (AvgIpc) is 2.37. The number of nitrogens with one attached hydrogen (secondary N) is 1.